The van der Waals surface area contributed by atoms with Crippen molar-refractivity contribution >= 4 is 57.1 Å². The van der Waals surface area contributed by atoms with Gasteiger partial charge in [0.25, 0.3) is 5.91 Å². The Morgan fingerprint density at radius 2 is 1.68 bits per heavy atom. The van der Waals surface area contributed by atoms with E-state index in [-0.39, 0.29) is 23.7 Å². The maximum absolute atomic E-state index is 15.3. The molecule has 0 saturated carbocycles. The van der Waals surface area contributed by atoms with Gasteiger partial charge in [-0.2, -0.15) is 0 Å². The first kappa shape index (κ1) is 27.4. The number of benzene rings is 3. The predicted molar refractivity (Wildman–Crippen MR) is 155 cm³/mol. The van der Waals surface area contributed by atoms with Crippen LogP contribution in [-0.4, -0.2) is 67.4 Å². The van der Waals surface area contributed by atoms with Gasteiger partial charge in [-0.3, -0.25) is 19.6 Å². The Morgan fingerprint density at radius 3 is 2.39 bits per heavy atom. The molecule has 2 N–H and O–H groups in total. The zero-order chi connectivity index (χ0) is 29.3. The van der Waals surface area contributed by atoms with E-state index in [4.69, 9.17) is 4.74 Å². The van der Waals surface area contributed by atoms with Gasteiger partial charge in [0.15, 0.2) is 0 Å². The molecule has 0 fully saturated rings. The first-order valence-electron chi connectivity index (χ1n) is 12.6. The molecule has 2 amide bonds. The third-order valence-corrected chi connectivity index (χ3v) is 6.60. The minimum atomic E-state index is -0.614. The van der Waals surface area contributed by atoms with E-state index in [0.29, 0.717) is 44.8 Å². The Bertz CT molecular complexity index is 1740. The van der Waals surface area contributed by atoms with E-state index in [1.165, 1.54) is 31.2 Å². The van der Waals surface area contributed by atoms with Crippen LogP contribution in [0.5, 0.6) is 0 Å². The Balaban J connectivity index is 1.61. The SMILES string of the molecule is COC(=O)c1ccc2c(c1)NC(=O)/C2=C(\Nc1ccc(N(C)C(=O)CN(C)C)c(F)c1)c1ccc2nccnc2c1. The molecule has 10 nitrogen and oxygen atoms in total. The number of ether oxygens (including phenoxy) is 1. The molecule has 0 atom stereocenters. The lowest BCUT2D eigenvalue weighted by molar-refractivity contribution is -0.119. The highest BCUT2D eigenvalue weighted by molar-refractivity contribution is 6.37. The number of hydrogen-bond donors (Lipinski definition) is 2. The molecule has 1 aliphatic heterocycles. The van der Waals surface area contributed by atoms with Gasteiger partial charge in [-0.05, 0) is 56.6 Å². The topological polar surface area (TPSA) is 117 Å². The molecular weight excluding hydrogens is 527 g/mol. The average molecular weight is 555 g/mol. The van der Waals surface area contributed by atoms with Crippen LogP contribution in [0.2, 0.25) is 0 Å². The summed E-state index contributed by atoms with van der Waals surface area (Å²) in [5, 5.41) is 6.03. The second-order valence-corrected chi connectivity index (χ2v) is 9.70. The number of halogens is 1. The van der Waals surface area contributed by atoms with E-state index in [9.17, 15) is 14.4 Å². The molecule has 0 bridgehead atoms. The summed E-state index contributed by atoms with van der Waals surface area (Å²) in [6.45, 7) is 0.128. The zero-order valence-corrected chi connectivity index (χ0v) is 22.9. The van der Waals surface area contributed by atoms with Crippen molar-refractivity contribution in [3.63, 3.8) is 0 Å². The molecule has 11 heteroatoms. The van der Waals surface area contributed by atoms with Crippen LogP contribution in [0.4, 0.5) is 21.5 Å². The highest BCUT2D eigenvalue weighted by Gasteiger charge is 2.30. The fourth-order valence-electron chi connectivity index (χ4n) is 4.58. The molecule has 5 rings (SSSR count). The van der Waals surface area contributed by atoms with E-state index >= 15 is 4.39 Å². The van der Waals surface area contributed by atoms with Gasteiger partial charge in [0, 0.05) is 36.3 Å². The van der Waals surface area contributed by atoms with E-state index in [1.807, 2.05) is 0 Å². The van der Waals surface area contributed by atoms with Crippen molar-refractivity contribution in [3.8, 4) is 0 Å². The van der Waals surface area contributed by atoms with Crippen LogP contribution in [0.1, 0.15) is 21.5 Å². The summed E-state index contributed by atoms with van der Waals surface area (Å²) in [4.78, 5) is 49.6. The van der Waals surface area contributed by atoms with Gasteiger partial charge in [-0.1, -0.05) is 12.1 Å². The van der Waals surface area contributed by atoms with Gasteiger partial charge < -0.3 is 25.2 Å². The molecule has 0 radical (unpaired) electrons. The lowest BCUT2D eigenvalue weighted by Crippen LogP contribution is -2.35. The molecule has 41 heavy (non-hydrogen) atoms. The normalized spacial score (nSPS) is 13.6. The van der Waals surface area contributed by atoms with E-state index in [0.717, 1.165) is 0 Å². The van der Waals surface area contributed by atoms with Crippen molar-refractivity contribution in [1.82, 2.24) is 14.9 Å². The fourth-order valence-corrected chi connectivity index (χ4v) is 4.58. The van der Waals surface area contributed by atoms with Crippen LogP contribution < -0.4 is 15.5 Å². The average Bonchev–Trinajstić information content (AvgIpc) is 3.29. The van der Waals surface area contributed by atoms with Crippen LogP contribution in [0.25, 0.3) is 22.3 Å². The van der Waals surface area contributed by atoms with Crippen molar-refractivity contribution in [3.05, 3.63) is 89.5 Å². The number of nitrogens with one attached hydrogen (secondary N) is 2. The lowest BCUT2D eigenvalue weighted by atomic mass is 9.98. The van der Waals surface area contributed by atoms with Gasteiger partial charge >= 0.3 is 5.97 Å². The van der Waals surface area contributed by atoms with Gasteiger partial charge in [0.2, 0.25) is 5.91 Å². The number of carbonyl (C=O) groups is 3. The zero-order valence-electron chi connectivity index (χ0n) is 22.9. The number of fused-ring (bicyclic) bond motifs is 2. The van der Waals surface area contributed by atoms with Crippen molar-refractivity contribution in [2.24, 2.45) is 0 Å². The smallest absolute Gasteiger partial charge is 0.337 e. The second-order valence-electron chi connectivity index (χ2n) is 9.70. The van der Waals surface area contributed by atoms with E-state index in [1.54, 1.807) is 73.9 Å². The Labute approximate surface area is 235 Å². The van der Waals surface area contributed by atoms with Crippen molar-refractivity contribution in [1.29, 1.82) is 0 Å². The summed E-state index contributed by atoms with van der Waals surface area (Å²) in [7, 11) is 6.32. The number of rotatable bonds is 7. The molecule has 4 aromatic rings. The Morgan fingerprint density at radius 1 is 0.951 bits per heavy atom. The Hall–Kier alpha value is -5.16. The summed E-state index contributed by atoms with van der Waals surface area (Å²) in [5.74, 6) is -1.82. The summed E-state index contributed by atoms with van der Waals surface area (Å²) in [6, 6.07) is 14.5. The maximum atomic E-state index is 15.3. The summed E-state index contributed by atoms with van der Waals surface area (Å²) >= 11 is 0. The number of methoxy groups -OCH3 is 1. The predicted octanol–water partition coefficient (Wildman–Crippen LogP) is 4.01. The van der Waals surface area contributed by atoms with Crippen LogP contribution in [0, 0.1) is 5.82 Å². The molecule has 3 aromatic carbocycles. The number of anilines is 3. The quantitative estimate of drug-likeness (QED) is 0.260. The van der Waals surface area contributed by atoms with E-state index < -0.39 is 17.7 Å². The molecule has 0 unspecified atom stereocenters. The minimum Gasteiger partial charge on any atom is -0.465 e. The monoisotopic (exact) mass is 554 g/mol. The number of carbonyl (C=O) groups excluding carboxylic acids is 3. The second kappa shape index (κ2) is 11.1. The van der Waals surface area contributed by atoms with Crippen LogP contribution in [-0.2, 0) is 14.3 Å². The molecule has 1 aromatic heterocycles. The number of likely N-dealkylation sites (N-methyl/N-ethyl adjacent to an activating group) is 2. The Kier molecular flexibility index (Phi) is 7.45. The van der Waals surface area contributed by atoms with Gasteiger partial charge in [-0.15, -0.1) is 0 Å². The third kappa shape index (κ3) is 5.48. The molecular formula is C30H27FN6O4. The summed E-state index contributed by atoms with van der Waals surface area (Å²) < 4.78 is 20.1. The molecule has 0 aliphatic carbocycles. The van der Waals surface area contributed by atoms with Crippen LogP contribution in [0.3, 0.4) is 0 Å². The van der Waals surface area contributed by atoms with Crippen molar-refractivity contribution in [2.45, 2.75) is 0 Å². The summed E-state index contributed by atoms with van der Waals surface area (Å²) in [6.07, 6.45) is 3.16. The number of amides is 2. The first-order valence-corrected chi connectivity index (χ1v) is 12.6. The first-order chi connectivity index (χ1) is 19.7. The van der Waals surface area contributed by atoms with Crippen LogP contribution in [0.15, 0.2) is 67.0 Å². The molecule has 0 saturated heterocycles. The maximum Gasteiger partial charge on any atom is 0.337 e. The van der Waals surface area contributed by atoms with Gasteiger partial charge in [0.05, 0.1) is 52.9 Å². The molecule has 0 spiro atoms. The number of nitrogens with zero attached hydrogens (tertiary/aromatic N) is 4. The highest BCUT2D eigenvalue weighted by atomic mass is 19.1. The largest absolute Gasteiger partial charge is 0.465 e. The van der Waals surface area contributed by atoms with E-state index in [2.05, 4.69) is 20.6 Å². The van der Waals surface area contributed by atoms with Gasteiger partial charge in [0.1, 0.15) is 5.82 Å². The third-order valence-electron chi connectivity index (χ3n) is 6.60. The van der Waals surface area contributed by atoms with Gasteiger partial charge in [-0.25, -0.2) is 9.18 Å². The van der Waals surface area contributed by atoms with Crippen molar-refractivity contribution < 1.29 is 23.5 Å². The number of hydrogen-bond acceptors (Lipinski definition) is 8. The molecule has 208 valence electrons. The highest BCUT2D eigenvalue weighted by Crippen LogP contribution is 2.39. The molecule has 1 aliphatic rings. The molecule has 2 heterocycles. The minimum absolute atomic E-state index is 0.122. The number of esters is 1. The summed E-state index contributed by atoms with van der Waals surface area (Å²) in [5.41, 5.74) is 4.32. The number of aromatic nitrogens is 2. The van der Waals surface area contributed by atoms with Crippen molar-refractivity contribution in [2.75, 3.05) is 50.3 Å². The lowest BCUT2D eigenvalue weighted by Gasteiger charge is -2.21. The standard InChI is InChI=1S/C30H27FN6O4/c1-36(2)16-26(38)37(3)25-10-7-19(15-21(25)31)34-28(17-6-9-22-24(13-17)33-12-11-32-22)27-20-8-5-18(30(40)41-4)14-23(20)35-29(27)39/h5-15,34H,16H2,1-4H3,(H,35,39)/b28-27-. The van der Waals surface area contributed by atoms with Crippen LogP contribution >= 0.6 is 0 Å². The fraction of sp³-hybridized carbons (Fsp3) is 0.167.